The zero-order chi connectivity index (χ0) is 30.1. The van der Waals surface area contributed by atoms with Gasteiger partial charge in [0, 0.05) is 58.9 Å². The van der Waals surface area contributed by atoms with E-state index in [1.807, 2.05) is 73.3 Å². The highest BCUT2D eigenvalue weighted by molar-refractivity contribution is 7.97. The van der Waals surface area contributed by atoms with Crippen LogP contribution in [0, 0.1) is 5.41 Å². The van der Waals surface area contributed by atoms with Crippen LogP contribution in [0.5, 0.6) is 5.88 Å². The summed E-state index contributed by atoms with van der Waals surface area (Å²) in [4.78, 5) is 21.4. The molecule has 2 aromatic carbocycles. The highest BCUT2D eigenvalue weighted by atomic mass is 35.5. The first-order valence-electron chi connectivity index (χ1n) is 14.2. The third kappa shape index (κ3) is 6.59. The maximum Gasteiger partial charge on any atom is 0.235 e. The minimum absolute atomic E-state index is 0.0335. The molecule has 0 saturated carbocycles. The smallest absolute Gasteiger partial charge is 0.235 e. The molecule has 42 heavy (non-hydrogen) atoms. The summed E-state index contributed by atoms with van der Waals surface area (Å²) in [5.74, 6) is -0.737. The van der Waals surface area contributed by atoms with Crippen molar-refractivity contribution in [2.24, 2.45) is 5.41 Å². The van der Waals surface area contributed by atoms with Crippen LogP contribution < -0.4 is 4.74 Å². The van der Waals surface area contributed by atoms with Crippen molar-refractivity contribution in [3.8, 4) is 5.88 Å². The Hall–Kier alpha value is -2.33. The fourth-order valence-corrected chi connectivity index (χ4v) is 7.75. The minimum atomic E-state index is -1.85. The van der Waals surface area contributed by atoms with Crippen molar-refractivity contribution in [3.05, 3.63) is 93.6 Å². The summed E-state index contributed by atoms with van der Waals surface area (Å²) in [7, 11) is 1.58. The molecule has 5 rings (SSSR count). The molecule has 0 spiro atoms. The Morgan fingerprint density at radius 2 is 1.81 bits per heavy atom. The SMILES string of the molecule is COc1cccc(C[C@]2(C)C[C@H](c3cccc(Cl)c3)[C@@H](c3ccc(Cl)cc3)N([C@@H](C)CCN3SCCC3(O)O)C2=O)n1. The van der Waals surface area contributed by atoms with Crippen molar-refractivity contribution in [3.63, 3.8) is 0 Å². The zero-order valence-corrected chi connectivity index (χ0v) is 26.4. The van der Waals surface area contributed by atoms with Crippen LogP contribution >= 0.6 is 35.1 Å². The maximum absolute atomic E-state index is 14.8. The van der Waals surface area contributed by atoms with Crippen molar-refractivity contribution in [1.29, 1.82) is 0 Å². The lowest BCUT2D eigenvalue weighted by Crippen LogP contribution is -2.56. The molecule has 2 saturated heterocycles. The predicted molar refractivity (Wildman–Crippen MR) is 167 cm³/mol. The standard InChI is InChI=1S/C32H37Cl2N3O4S/c1-21(14-16-36-32(39,40)15-17-42-36)37-29(22-10-12-24(33)13-11-22)27(23-6-4-7-25(34)18-23)20-31(2,30(37)38)19-26-8-5-9-28(35-26)41-3/h4-13,18,21,27,29,39-40H,14-17,19-20H2,1-3H3/t21-,27+,29+,31+/m0/s1. The van der Waals surface area contributed by atoms with Gasteiger partial charge in [-0.25, -0.2) is 4.98 Å². The number of amides is 1. The fraction of sp³-hybridized carbons (Fsp3) is 0.438. The summed E-state index contributed by atoms with van der Waals surface area (Å²) < 4.78 is 6.98. The van der Waals surface area contributed by atoms with Crippen molar-refractivity contribution >= 4 is 41.1 Å². The molecular weight excluding hydrogens is 593 g/mol. The molecule has 0 bridgehead atoms. The summed E-state index contributed by atoms with van der Waals surface area (Å²) >= 11 is 14.2. The first kappa shape index (κ1) is 31.1. The molecule has 0 unspecified atom stereocenters. The zero-order valence-electron chi connectivity index (χ0n) is 24.0. The number of ether oxygens (including phenoxy) is 1. The normalized spacial score (nSPS) is 25.0. The van der Waals surface area contributed by atoms with Crippen LogP contribution in [-0.4, -0.2) is 61.7 Å². The summed E-state index contributed by atoms with van der Waals surface area (Å²) in [5, 5.41) is 22.1. The number of carbonyl (C=O) groups is 1. The minimum Gasteiger partial charge on any atom is -0.481 e. The van der Waals surface area contributed by atoms with Crippen LogP contribution in [-0.2, 0) is 11.2 Å². The molecule has 2 aliphatic rings. The van der Waals surface area contributed by atoms with Gasteiger partial charge in [0.25, 0.3) is 0 Å². The third-order valence-electron chi connectivity index (χ3n) is 8.46. The van der Waals surface area contributed by atoms with Gasteiger partial charge in [0.2, 0.25) is 17.7 Å². The van der Waals surface area contributed by atoms with E-state index in [0.29, 0.717) is 47.5 Å². The largest absolute Gasteiger partial charge is 0.481 e. The second-order valence-corrected chi connectivity index (χ2v) is 13.6. The van der Waals surface area contributed by atoms with E-state index in [4.69, 9.17) is 27.9 Å². The molecule has 1 amide bonds. The second-order valence-electron chi connectivity index (χ2n) is 11.6. The van der Waals surface area contributed by atoms with Crippen LogP contribution in [0.3, 0.4) is 0 Å². The quantitative estimate of drug-likeness (QED) is 0.207. The number of hydrogen-bond donors (Lipinski definition) is 2. The molecule has 0 radical (unpaired) electrons. The lowest BCUT2D eigenvalue weighted by molar-refractivity contribution is -0.223. The monoisotopic (exact) mass is 629 g/mol. The number of nitrogens with zero attached hydrogens (tertiary/aromatic N) is 3. The molecular formula is C32H37Cl2N3O4S. The molecule has 0 aliphatic carbocycles. The number of carbonyl (C=O) groups excluding carboxylic acids is 1. The number of aliphatic hydroxyl groups is 2. The van der Waals surface area contributed by atoms with Crippen LogP contribution in [0.15, 0.2) is 66.7 Å². The fourth-order valence-electron chi connectivity index (χ4n) is 6.31. The van der Waals surface area contributed by atoms with E-state index in [9.17, 15) is 15.0 Å². The van der Waals surface area contributed by atoms with Gasteiger partial charge in [0.15, 0.2) is 0 Å². The number of halogens is 2. The molecule has 2 N–H and O–H groups in total. The molecule has 224 valence electrons. The Labute approximate surface area is 261 Å². The van der Waals surface area contributed by atoms with Crippen molar-refractivity contribution in [1.82, 2.24) is 14.2 Å². The van der Waals surface area contributed by atoms with E-state index in [-0.39, 0.29) is 30.3 Å². The van der Waals surface area contributed by atoms with Crippen molar-refractivity contribution in [2.45, 2.75) is 63.4 Å². The first-order valence-corrected chi connectivity index (χ1v) is 15.9. The summed E-state index contributed by atoms with van der Waals surface area (Å²) in [6, 6.07) is 20.7. The summed E-state index contributed by atoms with van der Waals surface area (Å²) in [6.07, 6.45) is 1.86. The molecule has 2 fully saturated rings. The van der Waals surface area contributed by atoms with Crippen molar-refractivity contribution in [2.75, 3.05) is 19.4 Å². The number of likely N-dealkylation sites (tertiary alicyclic amines) is 1. The number of piperidine rings is 1. The molecule has 4 atom stereocenters. The average molecular weight is 631 g/mol. The van der Waals surface area contributed by atoms with Crippen LogP contribution in [0.25, 0.3) is 0 Å². The number of benzene rings is 2. The van der Waals surface area contributed by atoms with Gasteiger partial charge in [-0.15, -0.1) is 0 Å². The van der Waals surface area contributed by atoms with Gasteiger partial charge in [-0.2, -0.15) is 4.31 Å². The lowest BCUT2D eigenvalue weighted by atomic mass is 9.66. The number of pyridine rings is 1. The molecule has 7 nitrogen and oxygen atoms in total. The van der Waals surface area contributed by atoms with E-state index in [1.54, 1.807) is 17.5 Å². The van der Waals surface area contributed by atoms with E-state index >= 15 is 0 Å². The highest BCUT2D eigenvalue weighted by Crippen LogP contribution is 2.52. The number of hydrogen-bond acceptors (Lipinski definition) is 7. The van der Waals surface area contributed by atoms with Gasteiger partial charge in [-0.05, 0) is 61.2 Å². The van der Waals surface area contributed by atoms with Crippen LogP contribution in [0.2, 0.25) is 10.0 Å². The van der Waals surface area contributed by atoms with E-state index in [2.05, 4.69) is 11.1 Å². The topological polar surface area (TPSA) is 86.1 Å². The average Bonchev–Trinajstić information content (AvgIpc) is 3.31. The predicted octanol–water partition coefficient (Wildman–Crippen LogP) is 6.47. The maximum atomic E-state index is 14.8. The molecule has 3 aromatic rings. The molecule has 10 heteroatoms. The Morgan fingerprint density at radius 3 is 2.48 bits per heavy atom. The Kier molecular flexibility index (Phi) is 9.42. The van der Waals surface area contributed by atoms with Gasteiger partial charge >= 0.3 is 0 Å². The van der Waals surface area contributed by atoms with Gasteiger partial charge in [0.1, 0.15) is 0 Å². The van der Waals surface area contributed by atoms with Gasteiger partial charge < -0.3 is 19.8 Å². The van der Waals surface area contributed by atoms with Gasteiger partial charge in [0.05, 0.1) is 18.6 Å². The number of aromatic nitrogens is 1. The van der Waals surface area contributed by atoms with Gasteiger partial charge in [-0.3, -0.25) is 4.79 Å². The third-order valence-corrected chi connectivity index (χ3v) is 10.1. The van der Waals surface area contributed by atoms with Crippen LogP contribution in [0.1, 0.15) is 61.9 Å². The van der Waals surface area contributed by atoms with Crippen LogP contribution in [0.4, 0.5) is 0 Å². The van der Waals surface area contributed by atoms with E-state index in [1.165, 1.54) is 11.9 Å². The Balaban J connectivity index is 1.57. The van der Waals surface area contributed by atoms with Crippen molar-refractivity contribution < 1.29 is 19.7 Å². The summed E-state index contributed by atoms with van der Waals surface area (Å²) in [5.41, 5.74) is 2.05. The Morgan fingerprint density at radius 1 is 1.07 bits per heavy atom. The van der Waals surface area contributed by atoms with E-state index < -0.39 is 11.3 Å². The molecule has 3 heterocycles. The Bertz CT molecular complexity index is 1410. The van der Waals surface area contributed by atoms with E-state index in [0.717, 1.165) is 16.8 Å². The second kappa shape index (κ2) is 12.7. The highest BCUT2D eigenvalue weighted by Gasteiger charge is 2.51. The molecule has 1 aromatic heterocycles. The summed E-state index contributed by atoms with van der Waals surface area (Å²) in [6.45, 7) is 4.49. The first-order chi connectivity index (χ1) is 20.0. The number of methoxy groups -OCH3 is 1. The van der Waals surface area contributed by atoms with Gasteiger partial charge in [-0.1, -0.05) is 72.4 Å². The molecule has 2 aliphatic heterocycles. The number of rotatable bonds is 9. The lowest BCUT2D eigenvalue weighted by Gasteiger charge is -2.52.